The number of benzene rings is 2. The fourth-order valence-electron chi connectivity index (χ4n) is 4.33. The van der Waals surface area contributed by atoms with E-state index in [2.05, 4.69) is 5.32 Å². The Morgan fingerprint density at radius 1 is 1.07 bits per heavy atom. The van der Waals surface area contributed by atoms with Crippen molar-refractivity contribution >= 4 is 5.97 Å². The van der Waals surface area contributed by atoms with E-state index in [1.165, 1.54) is 0 Å². The molecule has 0 spiro atoms. The fraction of sp³-hybridized carbons (Fsp3) is 0.381. The summed E-state index contributed by atoms with van der Waals surface area (Å²) in [5.74, 6) is -1.18. The lowest BCUT2D eigenvalue weighted by Gasteiger charge is -2.32. The molecule has 1 heterocycles. The summed E-state index contributed by atoms with van der Waals surface area (Å²) in [6, 6.07) is 17.8. The normalized spacial score (nSPS) is 30.0. The lowest BCUT2D eigenvalue weighted by molar-refractivity contribution is -0.571. The van der Waals surface area contributed by atoms with Crippen LogP contribution in [0.25, 0.3) is 0 Å². The number of rotatable bonds is 5. The number of ether oxygens (including phenoxy) is 1. The molecule has 1 saturated heterocycles. The molecule has 4 atom stereocenters. The molecule has 1 fully saturated rings. The zero-order valence-electron chi connectivity index (χ0n) is 15.7. The van der Waals surface area contributed by atoms with Crippen molar-refractivity contribution in [3.05, 3.63) is 81.9 Å². The molecule has 2 aromatic rings. The number of nitrogens with zero attached hydrogens (tertiary/aromatic N) is 1. The van der Waals surface area contributed by atoms with Gasteiger partial charge >= 0.3 is 5.97 Å². The quantitative estimate of drug-likeness (QED) is 0.496. The summed E-state index contributed by atoms with van der Waals surface area (Å²) in [6.45, 7) is 5.26. The molecule has 0 saturated carbocycles. The molecule has 6 nitrogen and oxygen atoms in total. The van der Waals surface area contributed by atoms with E-state index in [-0.39, 0.29) is 11.5 Å². The van der Waals surface area contributed by atoms with Crippen LogP contribution in [0.15, 0.2) is 60.7 Å². The standard InChI is InChI=1S/C21H24N2O4/c1-4-27-19(24)20(2)17(15-11-7-5-8-12-15)21(3,23(25)26)18(22-20)16-13-9-6-10-14-16/h5-14,17-18,22H,4H2,1-3H3/t17-,18+,20+,21+/m1/s1. The summed E-state index contributed by atoms with van der Waals surface area (Å²) in [7, 11) is 0. The second-order valence-electron chi connectivity index (χ2n) is 7.24. The van der Waals surface area contributed by atoms with Gasteiger partial charge in [-0.2, -0.15) is 0 Å². The van der Waals surface area contributed by atoms with Gasteiger partial charge in [-0.1, -0.05) is 60.7 Å². The van der Waals surface area contributed by atoms with Crippen molar-refractivity contribution in [2.75, 3.05) is 6.61 Å². The van der Waals surface area contributed by atoms with Crippen molar-refractivity contribution in [2.45, 2.75) is 43.8 Å². The fourth-order valence-corrected chi connectivity index (χ4v) is 4.33. The van der Waals surface area contributed by atoms with Gasteiger partial charge < -0.3 is 4.74 Å². The zero-order chi connectivity index (χ0) is 19.7. The highest BCUT2D eigenvalue weighted by atomic mass is 16.6. The SMILES string of the molecule is CCOC(=O)[C@@]1(C)N[C@@H](c2ccccc2)[C@@](C)([N+](=O)[O-])[C@@H]1c1ccccc1. The van der Waals surface area contributed by atoms with E-state index in [0.29, 0.717) is 0 Å². The molecule has 2 aromatic carbocycles. The van der Waals surface area contributed by atoms with Gasteiger partial charge in [-0.05, 0) is 25.0 Å². The van der Waals surface area contributed by atoms with Crippen LogP contribution < -0.4 is 5.32 Å². The predicted octanol–water partition coefficient (Wildman–Crippen LogP) is 3.47. The zero-order valence-corrected chi connectivity index (χ0v) is 15.7. The molecule has 0 aliphatic carbocycles. The molecule has 1 N–H and O–H groups in total. The largest absolute Gasteiger partial charge is 0.465 e. The Hall–Kier alpha value is -2.73. The van der Waals surface area contributed by atoms with Crippen LogP contribution in [0, 0.1) is 10.1 Å². The third kappa shape index (κ3) is 3.00. The molecule has 1 aliphatic rings. The first-order valence-electron chi connectivity index (χ1n) is 9.05. The van der Waals surface area contributed by atoms with Crippen LogP contribution in [0.4, 0.5) is 0 Å². The van der Waals surface area contributed by atoms with Crippen LogP contribution in [0.3, 0.4) is 0 Å². The van der Waals surface area contributed by atoms with E-state index in [1.54, 1.807) is 20.8 Å². The molecule has 0 bridgehead atoms. The van der Waals surface area contributed by atoms with Gasteiger partial charge in [0.05, 0.1) is 12.5 Å². The first kappa shape index (κ1) is 19.0. The van der Waals surface area contributed by atoms with Crippen molar-refractivity contribution in [1.82, 2.24) is 5.32 Å². The molecule has 3 rings (SSSR count). The molecule has 27 heavy (non-hydrogen) atoms. The Kier molecular flexibility index (Phi) is 5.02. The molecule has 0 unspecified atom stereocenters. The highest BCUT2D eigenvalue weighted by molar-refractivity contribution is 5.83. The average Bonchev–Trinajstić information content (AvgIpc) is 2.93. The number of carbonyl (C=O) groups is 1. The average molecular weight is 368 g/mol. The van der Waals surface area contributed by atoms with Crippen LogP contribution >= 0.6 is 0 Å². The number of nitrogens with one attached hydrogen (secondary N) is 1. The summed E-state index contributed by atoms with van der Waals surface area (Å²) in [6.07, 6.45) is 0. The Labute approximate surface area is 158 Å². The van der Waals surface area contributed by atoms with Gasteiger partial charge in [-0.25, -0.2) is 0 Å². The highest BCUT2D eigenvalue weighted by Crippen LogP contribution is 2.53. The van der Waals surface area contributed by atoms with Crippen LogP contribution in [-0.2, 0) is 9.53 Å². The van der Waals surface area contributed by atoms with Crippen molar-refractivity contribution in [3.8, 4) is 0 Å². The first-order valence-corrected chi connectivity index (χ1v) is 9.05. The Bertz CT molecular complexity index is 827. The van der Waals surface area contributed by atoms with E-state index in [0.717, 1.165) is 11.1 Å². The summed E-state index contributed by atoms with van der Waals surface area (Å²) in [5.41, 5.74) is -1.17. The number of esters is 1. The van der Waals surface area contributed by atoms with Gasteiger partial charge in [0.25, 0.3) is 0 Å². The lowest BCUT2D eigenvalue weighted by Crippen LogP contribution is -2.51. The second-order valence-corrected chi connectivity index (χ2v) is 7.24. The number of nitro groups is 1. The molecular weight excluding hydrogens is 344 g/mol. The van der Waals surface area contributed by atoms with Crippen LogP contribution in [0.2, 0.25) is 0 Å². The minimum Gasteiger partial charge on any atom is -0.465 e. The van der Waals surface area contributed by atoms with Gasteiger partial charge in [-0.3, -0.25) is 20.2 Å². The van der Waals surface area contributed by atoms with Crippen molar-refractivity contribution in [1.29, 1.82) is 0 Å². The van der Waals surface area contributed by atoms with Crippen molar-refractivity contribution < 1.29 is 14.5 Å². The molecule has 1 aliphatic heterocycles. The van der Waals surface area contributed by atoms with E-state index < -0.39 is 29.0 Å². The van der Waals surface area contributed by atoms with Gasteiger partial charge in [-0.15, -0.1) is 0 Å². The molecule has 0 radical (unpaired) electrons. The predicted molar refractivity (Wildman–Crippen MR) is 102 cm³/mol. The maximum atomic E-state index is 12.9. The number of carbonyl (C=O) groups excluding carboxylic acids is 1. The van der Waals surface area contributed by atoms with Crippen LogP contribution in [0.1, 0.15) is 43.9 Å². The molecule has 142 valence electrons. The minimum atomic E-state index is -1.44. The van der Waals surface area contributed by atoms with Gasteiger partial charge in [0.1, 0.15) is 11.6 Å². The Morgan fingerprint density at radius 3 is 2.07 bits per heavy atom. The van der Waals surface area contributed by atoms with Crippen LogP contribution in [-0.4, -0.2) is 28.6 Å². The minimum absolute atomic E-state index is 0.211. The third-order valence-corrected chi connectivity index (χ3v) is 5.55. The van der Waals surface area contributed by atoms with Crippen molar-refractivity contribution in [2.24, 2.45) is 0 Å². The molecular formula is C21H24N2O4. The molecule has 0 aromatic heterocycles. The Balaban J connectivity index is 2.22. The third-order valence-electron chi connectivity index (χ3n) is 5.55. The highest BCUT2D eigenvalue weighted by Gasteiger charge is 2.69. The second kappa shape index (κ2) is 7.12. The molecule has 6 heteroatoms. The summed E-state index contributed by atoms with van der Waals surface area (Å²) >= 11 is 0. The number of hydrogen-bond acceptors (Lipinski definition) is 5. The van der Waals surface area contributed by atoms with E-state index >= 15 is 0 Å². The topological polar surface area (TPSA) is 81.5 Å². The maximum absolute atomic E-state index is 12.9. The van der Waals surface area contributed by atoms with E-state index in [1.807, 2.05) is 60.7 Å². The maximum Gasteiger partial charge on any atom is 0.326 e. The number of hydrogen-bond donors (Lipinski definition) is 1. The molecule has 0 amide bonds. The Morgan fingerprint density at radius 2 is 1.59 bits per heavy atom. The summed E-state index contributed by atoms with van der Waals surface area (Å²) in [5, 5.41) is 15.6. The lowest BCUT2D eigenvalue weighted by atomic mass is 9.70. The van der Waals surface area contributed by atoms with Crippen molar-refractivity contribution in [3.63, 3.8) is 0 Å². The first-order chi connectivity index (χ1) is 12.9. The smallest absolute Gasteiger partial charge is 0.326 e. The summed E-state index contributed by atoms with van der Waals surface area (Å²) < 4.78 is 5.31. The monoisotopic (exact) mass is 368 g/mol. The van der Waals surface area contributed by atoms with Gasteiger partial charge in [0, 0.05) is 11.8 Å². The van der Waals surface area contributed by atoms with E-state index in [4.69, 9.17) is 4.74 Å². The van der Waals surface area contributed by atoms with Gasteiger partial charge in [0.15, 0.2) is 0 Å². The van der Waals surface area contributed by atoms with Crippen LogP contribution in [0.5, 0.6) is 0 Å². The summed E-state index contributed by atoms with van der Waals surface area (Å²) in [4.78, 5) is 25.0. The van der Waals surface area contributed by atoms with E-state index in [9.17, 15) is 14.9 Å². The van der Waals surface area contributed by atoms with Gasteiger partial charge in [0.2, 0.25) is 5.54 Å².